The van der Waals surface area contributed by atoms with Gasteiger partial charge in [0.2, 0.25) is 0 Å². The molecule has 0 heteroatoms. The summed E-state index contributed by atoms with van der Waals surface area (Å²) in [6.07, 6.45) is 17.1. The van der Waals surface area contributed by atoms with Crippen LogP contribution >= 0.6 is 0 Å². The van der Waals surface area contributed by atoms with Crippen molar-refractivity contribution in [3.63, 3.8) is 0 Å². The van der Waals surface area contributed by atoms with Gasteiger partial charge in [0.15, 0.2) is 0 Å². The van der Waals surface area contributed by atoms with Gasteiger partial charge < -0.3 is 0 Å². The van der Waals surface area contributed by atoms with Gasteiger partial charge in [-0.15, -0.1) is 5.73 Å². The van der Waals surface area contributed by atoms with Crippen LogP contribution in [0.3, 0.4) is 0 Å². The number of allylic oxidation sites excluding steroid dienone is 9. The summed E-state index contributed by atoms with van der Waals surface area (Å²) in [5.74, 6) is 0. The summed E-state index contributed by atoms with van der Waals surface area (Å²) < 4.78 is 0. The van der Waals surface area contributed by atoms with E-state index in [1.54, 1.807) is 0 Å². The molecule has 0 unspecified atom stereocenters. The van der Waals surface area contributed by atoms with Crippen molar-refractivity contribution >= 4 is 0 Å². The molecule has 2 aliphatic carbocycles. The fourth-order valence-corrected chi connectivity index (χ4v) is 1.53. The highest BCUT2D eigenvalue weighted by Gasteiger charge is 2.02. The van der Waals surface area contributed by atoms with Gasteiger partial charge in [-0.25, -0.2) is 0 Å². The Bertz CT molecular complexity index is 405. The van der Waals surface area contributed by atoms with Crippen molar-refractivity contribution < 1.29 is 0 Å². The van der Waals surface area contributed by atoms with Gasteiger partial charge in [0.1, 0.15) is 0 Å². The van der Waals surface area contributed by atoms with Gasteiger partial charge in [0, 0.05) is 0 Å². The predicted octanol–water partition coefficient (Wildman–Crippen LogP) is 3.86. The fourth-order valence-electron chi connectivity index (χ4n) is 1.53. The molecule has 2 rings (SSSR count). The molecule has 0 heterocycles. The molecule has 2 aliphatic rings. The van der Waals surface area contributed by atoms with Crippen LogP contribution in [-0.4, -0.2) is 0 Å². The van der Waals surface area contributed by atoms with Crippen LogP contribution in [0.25, 0.3) is 0 Å². The van der Waals surface area contributed by atoms with Crippen LogP contribution in [0.1, 0.15) is 19.8 Å². The van der Waals surface area contributed by atoms with Crippen LogP contribution in [-0.2, 0) is 0 Å². The zero-order valence-electron chi connectivity index (χ0n) is 8.46. The Kier molecular flexibility index (Phi) is 2.67. The molecule has 0 radical (unpaired) electrons. The first-order valence-electron chi connectivity index (χ1n) is 5.00. The monoisotopic (exact) mass is 182 g/mol. The van der Waals surface area contributed by atoms with Gasteiger partial charge in [-0.05, 0) is 37.0 Å². The average molecular weight is 182 g/mol. The van der Waals surface area contributed by atoms with E-state index in [2.05, 4.69) is 55.2 Å². The number of hydrogen-bond acceptors (Lipinski definition) is 0. The first-order chi connectivity index (χ1) is 6.84. The van der Waals surface area contributed by atoms with E-state index in [4.69, 9.17) is 0 Å². The van der Waals surface area contributed by atoms with E-state index in [0.717, 1.165) is 12.8 Å². The van der Waals surface area contributed by atoms with Gasteiger partial charge in [-0.2, -0.15) is 0 Å². The van der Waals surface area contributed by atoms with E-state index in [1.165, 1.54) is 16.7 Å². The molecule has 0 aromatic heterocycles. The van der Waals surface area contributed by atoms with Crippen LogP contribution in [0.4, 0.5) is 0 Å². The van der Waals surface area contributed by atoms with Crippen molar-refractivity contribution in [3.05, 3.63) is 65.0 Å². The van der Waals surface area contributed by atoms with Gasteiger partial charge in [0.25, 0.3) is 0 Å². The lowest BCUT2D eigenvalue weighted by molar-refractivity contribution is 1.06. The van der Waals surface area contributed by atoms with Crippen LogP contribution in [0.15, 0.2) is 65.0 Å². The minimum atomic E-state index is 1.02. The van der Waals surface area contributed by atoms with E-state index in [1.807, 2.05) is 0 Å². The first-order valence-corrected chi connectivity index (χ1v) is 5.00. The minimum absolute atomic E-state index is 1.02. The van der Waals surface area contributed by atoms with E-state index in [0.29, 0.717) is 0 Å². The molecule has 0 aliphatic heterocycles. The van der Waals surface area contributed by atoms with Crippen molar-refractivity contribution in [3.8, 4) is 0 Å². The molecule has 0 spiro atoms. The molecule has 70 valence electrons. The Hall–Kier alpha value is -1.52. The van der Waals surface area contributed by atoms with Crippen LogP contribution in [0.5, 0.6) is 0 Å². The molecule has 0 saturated heterocycles. The summed E-state index contributed by atoms with van der Waals surface area (Å²) in [7, 11) is 0. The summed E-state index contributed by atoms with van der Waals surface area (Å²) in [6, 6.07) is 0. The molecule has 0 bridgehead atoms. The summed E-state index contributed by atoms with van der Waals surface area (Å²) in [4.78, 5) is 0. The highest BCUT2D eigenvalue weighted by Crippen LogP contribution is 2.21. The van der Waals surface area contributed by atoms with Gasteiger partial charge >= 0.3 is 0 Å². The topological polar surface area (TPSA) is 0 Å². The van der Waals surface area contributed by atoms with E-state index >= 15 is 0 Å². The lowest BCUT2D eigenvalue weighted by atomic mass is 9.96. The standard InChI is InChI=1S/C14H14/c1-12-5-2-7-13(8-3-6-12)11-14-9-4-10-14/h2-5,7,9-10H,8,11H2,1H3/b5-2-,13-7+. The quantitative estimate of drug-likeness (QED) is 0.569. The first kappa shape index (κ1) is 9.05. The maximum Gasteiger partial charge on any atom is -0.00560 e. The molecular weight excluding hydrogens is 168 g/mol. The van der Waals surface area contributed by atoms with Crippen molar-refractivity contribution in [2.45, 2.75) is 19.8 Å². The van der Waals surface area contributed by atoms with Gasteiger partial charge in [0.05, 0.1) is 0 Å². The average Bonchev–Trinajstić information content (AvgIpc) is 2.06. The molecular formula is C14H14. The van der Waals surface area contributed by atoms with E-state index in [-0.39, 0.29) is 0 Å². The van der Waals surface area contributed by atoms with Crippen LogP contribution in [0.2, 0.25) is 0 Å². The summed E-state index contributed by atoms with van der Waals surface area (Å²) in [6.45, 7) is 2.07. The Morgan fingerprint density at radius 1 is 1.21 bits per heavy atom. The normalized spacial score (nSPS) is 25.1. The fraction of sp³-hybridized carbons (Fsp3) is 0.214. The Balaban J connectivity index is 2.04. The van der Waals surface area contributed by atoms with Crippen LogP contribution in [0, 0.1) is 0 Å². The lowest BCUT2D eigenvalue weighted by Crippen LogP contribution is -1.90. The highest BCUT2D eigenvalue weighted by molar-refractivity contribution is 5.39. The Morgan fingerprint density at radius 2 is 2.00 bits per heavy atom. The molecule has 0 aromatic rings. The molecule has 0 atom stereocenters. The number of hydrogen-bond donors (Lipinski definition) is 0. The molecule has 14 heavy (non-hydrogen) atoms. The Labute approximate surface area is 85.3 Å². The third-order valence-electron chi connectivity index (χ3n) is 2.42. The zero-order valence-corrected chi connectivity index (χ0v) is 8.46. The minimum Gasteiger partial charge on any atom is -0.122 e. The molecule has 0 amide bonds. The van der Waals surface area contributed by atoms with Crippen molar-refractivity contribution in [2.75, 3.05) is 0 Å². The Morgan fingerprint density at radius 3 is 2.71 bits per heavy atom. The summed E-state index contributed by atoms with van der Waals surface area (Å²) >= 11 is 0. The summed E-state index contributed by atoms with van der Waals surface area (Å²) in [5.41, 5.74) is 7.33. The smallest absolute Gasteiger partial charge is 0.00560 e. The van der Waals surface area contributed by atoms with Crippen LogP contribution < -0.4 is 0 Å². The molecule has 0 saturated carbocycles. The van der Waals surface area contributed by atoms with E-state index < -0.39 is 0 Å². The van der Waals surface area contributed by atoms with Crippen molar-refractivity contribution in [1.82, 2.24) is 0 Å². The van der Waals surface area contributed by atoms with Gasteiger partial charge in [-0.3, -0.25) is 0 Å². The second kappa shape index (κ2) is 4.13. The van der Waals surface area contributed by atoms with Gasteiger partial charge in [-0.1, -0.05) is 42.0 Å². The maximum atomic E-state index is 3.25. The van der Waals surface area contributed by atoms with E-state index in [9.17, 15) is 0 Å². The molecule has 0 aromatic carbocycles. The third-order valence-corrected chi connectivity index (χ3v) is 2.42. The second-order valence-electron chi connectivity index (χ2n) is 3.70. The molecule has 0 nitrogen and oxygen atoms in total. The lowest BCUT2D eigenvalue weighted by Gasteiger charge is -2.09. The third kappa shape index (κ3) is 2.25. The zero-order chi connectivity index (χ0) is 9.80. The maximum absolute atomic E-state index is 3.25. The number of rotatable bonds is 2. The molecule has 0 N–H and O–H groups in total. The predicted molar refractivity (Wildman–Crippen MR) is 61.0 cm³/mol. The van der Waals surface area contributed by atoms with Crippen molar-refractivity contribution in [1.29, 1.82) is 0 Å². The largest absolute Gasteiger partial charge is 0.122 e. The SMILES string of the molecule is CC1=C=CC/C(CC2=CC=C2)=C\C=C/1. The van der Waals surface area contributed by atoms with Crippen molar-refractivity contribution in [2.24, 2.45) is 0 Å². The highest BCUT2D eigenvalue weighted by atomic mass is 14.1. The second-order valence-corrected chi connectivity index (χ2v) is 3.70. The summed E-state index contributed by atoms with van der Waals surface area (Å²) in [5, 5.41) is 0. The molecule has 0 fully saturated rings.